The topological polar surface area (TPSA) is 29.5 Å². The minimum Gasteiger partial charge on any atom is -0.373 e. The summed E-state index contributed by atoms with van der Waals surface area (Å²) >= 11 is 5.78. The van der Waals surface area contributed by atoms with E-state index in [4.69, 9.17) is 16.3 Å². The number of carbonyl (C=O) groups excluding carboxylic acids is 1. The van der Waals surface area contributed by atoms with Crippen LogP contribution in [0, 0.1) is 5.92 Å². The van der Waals surface area contributed by atoms with E-state index in [2.05, 4.69) is 6.92 Å². The van der Waals surface area contributed by atoms with Crippen molar-refractivity contribution in [3.8, 4) is 0 Å². The van der Waals surface area contributed by atoms with Crippen LogP contribution in [0.25, 0.3) is 0 Å². The summed E-state index contributed by atoms with van der Waals surface area (Å²) in [5.41, 5.74) is 0. The highest BCUT2D eigenvalue weighted by Crippen LogP contribution is 2.18. The molecule has 1 rings (SSSR count). The van der Waals surface area contributed by atoms with Crippen LogP contribution < -0.4 is 0 Å². The fraction of sp³-hybridized carbons (Fsp3) is 0.917. The summed E-state index contributed by atoms with van der Waals surface area (Å²) in [6, 6.07) is 0.172. The zero-order valence-electron chi connectivity index (χ0n) is 10.4. The lowest BCUT2D eigenvalue weighted by atomic mass is 10.0. The van der Waals surface area contributed by atoms with Crippen molar-refractivity contribution >= 4 is 17.5 Å². The van der Waals surface area contributed by atoms with Gasteiger partial charge in [0, 0.05) is 12.5 Å². The summed E-state index contributed by atoms with van der Waals surface area (Å²) in [5.74, 6) is 0.813. The molecule has 1 aliphatic rings. The van der Waals surface area contributed by atoms with Gasteiger partial charge in [0.25, 0.3) is 0 Å². The molecule has 1 amide bonds. The van der Waals surface area contributed by atoms with Crippen molar-refractivity contribution in [1.82, 2.24) is 4.90 Å². The minimum atomic E-state index is -0.00403. The molecule has 0 N–H and O–H groups in total. The minimum absolute atomic E-state index is 0.00403. The van der Waals surface area contributed by atoms with Crippen LogP contribution in [-0.4, -0.2) is 42.0 Å². The molecule has 1 saturated heterocycles. The molecule has 3 unspecified atom stereocenters. The maximum Gasteiger partial charge on any atom is 0.225 e. The monoisotopic (exact) mass is 247 g/mol. The van der Waals surface area contributed by atoms with Gasteiger partial charge in [0.2, 0.25) is 5.91 Å². The Balaban J connectivity index is 2.58. The normalized spacial score (nSPS) is 27.9. The highest BCUT2D eigenvalue weighted by Gasteiger charge is 2.31. The Morgan fingerprint density at radius 1 is 1.62 bits per heavy atom. The third kappa shape index (κ3) is 3.36. The van der Waals surface area contributed by atoms with E-state index in [0.29, 0.717) is 19.0 Å². The van der Waals surface area contributed by atoms with Crippen molar-refractivity contribution in [1.29, 1.82) is 0 Å². The van der Waals surface area contributed by atoms with E-state index in [-0.39, 0.29) is 24.0 Å². The molecule has 3 atom stereocenters. The van der Waals surface area contributed by atoms with Gasteiger partial charge >= 0.3 is 0 Å². The molecule has 0 aromatic rings. The molecule has 0 aliphatic carbocycles. The van der Waals surface area contributed by atoms with Gasteiger partial charge in [-0.3, -0.25) is 4.79 Å². The first kappa shape index (κ1) is 13.8. The molecule has 16 heavy (non-hydrogen) atoms. The summed E-state index contributed by atoms with van der Waals surface area (Å²) in [6.07, 6.45) is 1.99. The van der Waals surface area contributed by atoms with Crippen LogP contribution in [0.1, 0.15) is 33.6 Å². The predicted octanol–water partition coefficient (Wildman–Crippen LogP) is 2.28. The predicted molar refractivity (Wildman–Crippen MR) is 65.7 cm³/mol. The first-order valence-electron chi connectivity index (χ1n) is 6.08. The Bertz CT molecular complexity index is 235. The smallest absolute Gasteiger partial charge is 0.225 e. The molecule has 1 fully saturated rings. The van der Waals surface area contributed by atoms with E-state index in [9.17, 15) is 4.79 Å². The largest absolute Gasteiger partial charge is 0.373 e. The fourth-order valence-corrected chi connectivity index (χ4v) is 2.24. The van der Waals surface area contributed by atoms with Crippen LogP contribution in [0.4, 0.5) is 0 Å². The number of hydrogen-bond acceptors (Lipinski definition) is 2. The van der Waals surface area contributed by atoms with Crippen molar-refractivity contribution in [2.75, 3.05) is 19.0 Å². The van der Waals surface area contributed by atoms with Crippen molar-refractivity contribution in [3.05, 3.63) is 0 Å². The van der Waals surface area contributed by atoms with Crippen LogP contribution in [-0.2, 0) is 9.53 Å². The molecule has 3 nitrogen and oxygen atoms in total. The van der Waals surface area contributed by atoms with Crippen LogP contribution in [0.3, 0.4) is 0 Å². The average molecular weight is 248 g/mol. The molecule has 4 heteroatoms. The Labute approximate surface area is 103 Å². The number of carbonyl (C=O) groups is 1. The lowest BCUT2D eigenvalue weighted by molar-refractivity contribution is -0.147. The third-order valence-corrected chi connectivity index (χ3v) is 3.45. The molecular formula is C12H22ClNO2. The summed E-state index contributed by atoms with van der Waals surface area (Å²) in [6.45, 7) is 7.37. The highest BCUT2D eigenvalue weighted by atomic mass is 35.5. The van der Waals surface area contributed by atoms with Gasteiger partial charge < -0.3 is 9.64 Å². The number of amides is 1. The molecule has 0 bridgehead atoms. The summed E-state index contributed by atoms with van der Waals surface area (Å²) in [7, 11) is 0. The number of rotatable bonds is 4. The van der Waals surface area contributed by atoms with Crippen LogP contribution >= 0.6 is 11.6 Å². The molecular weight excluding hydrogens is 226 g/mol. The van der Waals surface area contributed by atoms with Gasteiger partial charge in [-0.15, -0.1) is 11.6 Å². The number of alkyl halides is 1. The summed E-state index contributed by atoms with van der Waals surface area (Å²) < 4.78 is 5.53. The van der Waals surface area contributed by atoms with Gasteiger partial charge in [0.05, 0.1) is 24.6 Å². The quantitative estimate of drug-likeness (QED) is 0.714. The van der Waals surface area contributed by atoms with Crippen LogP contribution in [0.2, 0.25) is 0 Å². The zero-order valence-corrected chi connectivity index (χ0v) is 11.2. The number of nitrogens with zero attached hydrogens (tertiary/aromatic N) is 1. The zero-order chi connectivity index (χ0) is 12.1. The van der Waals surface area contributed by atoms with E-state index in [1.807, 2.05) is 18.7 Å². The van der Waals surface area contributed by atoms with Gasteiger partial charge in [-0.1, -0.05) is 20.3 Å². The number of ether oxygens (including phenoxy) is 1. The van der Waals surface area contributed by atoms with E-state index >= 15 is 0 Å². The Kier molecular flexibility index (Phi) is 5.56. The Morgan fingerprint density at radius 3 is 2.88 bits per heavy atom. The van der Waals surface area contributed by atoms with Crippen molar-refractivity contribution in [2.24, 2.45) is 5.92 Å². The number of morpholine rings is 1. The van der Waals surface area contributed by atoms with E-state index in [0.717, 1.165) is 12.8 Å². The molecule has 0 spiro atoms. The van der Waals surface area contributed by atoms with E-state index in [1.54, 1.807) is 0 Å². The maximum absolute atomic E-state index is 12.2. The summed E-state index contributed by atoms with van der Waals surface area (Å²) in [4.78, 5) is 14.1. The second kappa shape index (κ2) is 6.45. The molecule has 0 aromatic carbocycles. The Morgan fingerprint density at radius 2 is 2.31 bits per heavy atom. The lowest BCUT2D eigenvalue weighted by Crippen LogP contribution is -2.53. The first-order valence-corrected chi connectivity index (χ1v) is 6.61. The second-order valence-electron chi connectivity index (χ2n) is 4.64. The average Bonchev–Trinajstić information content (AvgIpc) is 2.29. The van der Waals surface area contributed by atoms with Gasteiger partial charge in [0.1, 0.15) is 0 Å². The van der Waals surface area contributed by atoms with Gasteiger partial charge in [-0.05, 0) is 13.3 Å². The lowest BCUT2D eigenvalue weighted by Gasteiger charge is -2.38. The van der Waals surface area contributed by atoms with E-state index < -0.39 is 0 Å². The second-order valence-corrected chi connectivity index (χ2v) is 4.95. The standard InChI is InChI=1S/C12H22ClNO2/c1-4-5-9(2)12(15)14-7-11(6-13)16-8-10(14)3/h9-11H,4-8H2,1-3H3. The first-order chi connectivity index (χ1) is 7.60. The van der Waals surface area contributed by atoms with Crippen molar-refractivity contribution in [3.63, 3.8) is 0 Å². The van der Waals surface area contributed by atoms with Crippen molar-refractivity contribution < 1.29 is 9.53 Å². The molecule has 0 radical (unpaired) electrons. The van der Waals surface area contributed by atoms with Gasteiger partial charge in [-0.25, -0.2) is 0 Å². The van der Waals surface area contributed by atoms with Crippen molar-refractivity contribution in [2.45, 2.75) is 45.8 Å². The number of hydrogen-bond donors (Lipinski definition) is 0. The molecule has 94 valence electrons. The van der Waals surface area contributed by atoms with E-state index in [1.165, 1.54) is 0 Å². The molecule has 0 aromatic heterocycles. The SMILES string of the molecule is CCCC(C)C(=O)N1CC(CCl)OCC1C. The molecule has 1 heterocycles. The summed E-state index contributed by atoms with van der Waals surface area (Å²) in [5, 5.41) is 0. The maximum atomic E-state index is 12.2. The third-order valence-electron chi connectivity index (χ3n) is 3.10. The van der Waals surface area contributed by atoms with Crippen LogP contribution in [0.5, 0.6) is 0 Å². The number of halogens is 1. The molecule has 1 aliphatic heterocycles. The van der Waals surface area contributed by atoms with Crippen LogP contribution in [0.15, 0.2) is 0 Å². The van der Waals surface area contributed by atoms with Gasteiger partial charge in [-0.2, -0.15) is 0 Å². The highest BCUT2D eigenvalue weighted by molar-refractivity contribution is 6.18. The fourth-order valence-electron chi connectivity index (χ4n) is 2.06. The Hall–Kier alpha value is -0.280. The van der Waals surface area contributed by atoms with Gasteiger partial charge in [0.15, 0.2) is 0 Å². The molecule has 0 saturated carbocycles.